The highest BCUT2D eigenvalue weighted by atomic mass is 16.5. The molecule has 1 unspecified atom stereocenters. The number of ether oxygens (including phenoxy) is 1. The third kappa shape index (κ3) is 1.98. The summed E-state index contributed by atoms with van der Waals surface area (Å²) in [5.41, 5.74) is 2.03. The van der Waals surface area contributed by atoms with Crippen LogP contribution in [-0.4, -0.2) is 34.6 Å². The molecule has 1 fully saturated rings. The second-order valence-electron chi connectivity index (χ2n) is 4.40. The lowest BCUT2D eigenvalue weighted by molar-refractivity contribution is 0.395. The van der Waals surface area contributed by atoms with Gasteiger partial charge in [0, 0.05) is 18.7 Å². The summed E-state index contributed by atoms with van der Waals surface area (Å²) < 4.78 is 7.09. The number of hydrogen-bond donors (Lipinski definition) is 1. The van der Waals surface area contributed by atoms with Crippen LogP contribution in [0.5, 0.6) is 5.88 Å². The van der Waals surface area contributed by atoms with E-state index < -0.39 is 0 Å². The lowest BCUT2D eigenvalue weighted by Crippen LogP contribution is -2.28. The summed E-state index contributed by atoms with van der Waals surface area (Å²) in [4.78, 5) is 8.78. The average molecular weight is 232 g/mol. The van der Waals surface area contributed by atoms with Crippen molar-refractivity contribution in [2.45, 2.75) is 18.8 Å². The fourth-order valence-electron chi connectivity index (χ4n) is 2.31. The van der Waals surface area contributed by atoms with E-state index in [1.807, 2.05) is 10.6 Å². The van der Waals surface area contributed by atoms with Crippen LogP contribution in [0.2, 0.25) is 0 Å². The zero-order valence-corrected chi connectivity index (χ0v) is 9.89. The smallest absolute Gasteiger partial charge is 0.230 e. The number of hydrogen-bond acceptors (Lipinski definition) is 4. The Balaban J connectivity index is 1.95. The number of fused-ring (bicyclic) bond motifs is 1. The van der Waals surface area contributed by atoms with Gasteiger partial charge >= 0.3 is 0 Å². The van der Waals surface area contributed by atoms with Crippen LogP contribution in [0.25, 0.3) is 5.65 Å². The van der Waals surface area contributed by atoms with E-state index in [4.69, 9.17) is 4.74 Å². The first-order valence-electron chi connectivity index (χ1n) is 5.96. The summed E-state index contributed by atoms with van der Waals surface area (Å²) >= 11 is 0. The van der Waals surface area contributed by atoms with Crippen LogP contribution in [0.4, 0.5) is 0 Å². The van der Waals surface area contributed by atoms with Gasteiger partial charge in [0.1, 0.15) is 0 Å². The molecule has 1 aliphatic heterocycles. The van der Waals surface area contributed by atoms with Gasteiger partial charge in [-0.15, -0.1) is 0 Å². The SMILES string of the molecule is COc1cn2cc(C3CCCNC3)nc2cn1. The van der Waals surface area contributed by atoms with Crippen molar-refractivity contribution in [3.8, 4) is 5.88 Å². The summed E-state index contributed by atoms with van der Waals surface area (Å²) in [6.07, 6.45) is 8.12. The van der Waals surface area contributed by atoms with Gasteiger partial charge in [-0.2, -0.15) is 0 Å². The largest absolute Gasteiger partial charge is 0.480 e. The predicted molar refractivity (Wildman–Crippen MR) is 64.4 cm³/mol. The van der Waals surface area contributed by atoms with Crippen molar-refractivity contribution in [2.24, 2.45) is 0 Å². The van der Waals surface area contributed by atoms with Gasteiger partial charge in [-0.25, -0.2) is 9.97 Å². The van der Waals surface area contributed by atoms with E-state index in [9.17, 15) is 0 Å². The molecule has 0 amide bonds. The second kappa shape index (κ2) is 4.33. The molecule has 3 rings (SSSR count). The molecule has 1 N–H and O–H groups in total. The number of imidazole rings is 1. The first kappa shape index (κ1) is 10.5. The molecule has 0 radical (unpaired) electrons. The van der Waals surface area contributed by atoms with E-state index in [1.165, 1.54) is 12.8 Å². The molecule has 5 nitrogen and oxygen atoms in total. The van der Waals surface area contributed by atoms with Crippen LogP contribution in [0, 0.1) is 0 Å². The molecule has 0 aliphatic carbocycles. The minimum absolute atomic E-state index is 0.523. The Hall–Kier alpha value is -1.62. The fourth-order valence-corrected chi connectivity index (χ4v) is 2.31. The van der Waals surface area contributed by atoms with E-state index in [-0.39, 0.29) is 0 Å². The van der Waals surface area contributed by atoms with Gasteiger partial charge in [-0.1, -0.05) is 0 Å². The highest BCUT2D eigenvalue weighted by Gasteiger charge is 2.18. The monoisotopic (exact) mass is 232 g/mol. The third-order valence-corrected chi connectivity index (χ3v) is 3.26. The fraction of sp³-hybridized carbons (Fsp3) is 0.500. The van der Waals surface area contributed by atoms with Gasteiger partial charge in [0.05, 0.1) is 25.2 Å². The minimum atomic E-state index is 0.523. The number of nitrogens with one attached hydrogen (secondary N) is 1. The number of aromatic nitrogens is 3. The van der Waals surface area contributed by atoms with Crippen LogP contribution in [-0.2, 0) is 0 Å². The zero-order valence-electron chi connectivity index (χ0n) is 9.89. The first-order valence-corrected chi connectivity index (χ1v) is 5.96. The Morgan fingerprint density at radius 2 is 2.41 bits per heavy atom. The molecule has 0 spiro atoms. The van der Waals surface area contributed by atoms with Gasteiger partial charge < -0.3 is 14.5 Å². The second-order valence-corrected chi connectivity index (χ2v) is 4.40. The van der Waals surface area contributed by atoms with Crippen LogP contribution < -0.4 is 10.1 Å². The molecule has 2 aromatic rings. The topological polar surface area (TPSA) is 51.5 Å². The standard InChI is InChI=1S/C12H16N4O/c1-17-12-8-16-7-10(15-11(16)6-14-12)9-3-2-4-13-5-9/h6-9,13H,2-5H2,1H3. The maximum atomic E-state index is 5.10. The number of piperidine rings is 1. The van der Waals surface area contributed by atoms with Crippen molar-refractivity contribution in [3.63, 3.8) is 0 Å². The molecule has 2 aromatic heterocycles. The maximum absolute atomic E-state index is 5.10. The van der Waals surface area contributed by atoms with Gasteiger partial charge in [-0.3, -0.25) is 0 Å². The molecule has 0 saturated carbocycles. The number of nitrogens with zero attached hydrogens (tertiary/aromatic N) is 3. The van der Waals surface area contributed by atoms with Crippen molar-refractivity contribution in [2.75, 3.05) is 20.2 Å². The van der Waals surface area contributed by atoms with Crippen molar-refractivity contribution in [3.05, 3.63) is 24.3 Å². The van der Waals surface area contributed by atoms with E-state index >= 15 is 0 Å². The summed E-state index contributed by atoms with van der Waals surface area (Å²) in [6.45, 7) is 2.15. The molecule has 17 heavy (non-hydrogen) atoms. The third-order valence-electron chi connectivity index (χ3n) is 3.26. The lowest BCUT2D eigenvalue weighted by atomic mass is 9.97. The van der Waals surface area contributed by atoms with Crippen molar-refractivity contribution in [1.29, 1.82) is 0 Å². The predicted octanol–water partition coefficient (Wildman–Crippen LogP) is 1.20. The molecule has 3 heterocycles. The van der Waals surface area contributed by atoms with Crippen LogP contribution in [0.3, 0.4) is 0 Å². The Bertz CT molecular complexity index is 516. The van der Waals surface area contributed by atoms with Crippen molar-refractivity contribution in [1.82, 2.24) is 19.7 Å². The minimum Gasteiger partial charge on any atom is -0.480 e. The van der Waals surface area contributed by atoms with Crippen LogP contribution in [0.1, 0.15) is 24.5 Å². The Morgan fingerprint density at radius 3 is 3.18 bits per heavy atom. The van der Waals surface area contributed by atoms with Gasteiger partial charge in [0.15, 0.2) is 5.65 Å². The molecular formula is C12H16N4O. The molecule has 5 heteroatoms. The van der Waals surface area contributed by atoms with Crippen LogP contribution >= 0.6 is 0 Å². The molecule has 0 aromatic carbocycles. The van der Waals surface area contributed by atoms with E-state index in [0.29, 0.717) is 11.8 Å². The van der Waals surface area contributed by atoms with E-state index in [2.05, 4.69) is 21.5 Å². The van der Waals surface area contributed by atoms with Crippen molar-refractivity contribution < 1.29 is 4.74 Å². The Morgan fingerprint density at radius 1 is 1.47 bits per heavy atom. The summed E-state index contributed by atoms with van der Waals surface area (Å²) in [5.74, 6) is 1.14. The molecule has 1 saturated heterocycles. The number of rotatable bonds is 2. The Labute approximate surface area is 99.8 Å². The quantitative estimate of drug-likeness (QED) is 0.845. The molecule has 1 atom stereocenters. The Kier molecular flexibility index (Phi) is 2.68. The van der Waals surface area contributed by atoms with Crippen LogP contribution in [0.15, 0.2) is 18.6 Å². The lowest BCUT2D eigenvalue weighted by Gasteiger charge is -2.20. The zero-order chi connectivity index (χ0) is 11.7. The highest BCUT2D eigenvalue weighted by Crippen LogP contribution is 2.23. The number of methoxy groups -OCH3 is 1. The normalized spacial score (nSPS) is 20.6. The maximum Gasteiger partial charge on any atom is 0.230 e. The average Bonchev–Trinajstić information content (AvgIpc) is 2.82. The first-order chi connectivity index (χ1) is 8.36. The van der Waals surface area contributed by atoms with E-state index in [0.717, 1.165) is 24.4 Å². The highest BCUT2D eigenvalue weighted by molar-refractivity contribution is 5.39. The van der Waals surface area contributed by atoms with Gasteiger partial charge in [0.25, 0.3) is 0 Å². The van der Waals surface area contributed by atoms with Gasteiger partial charge in [-0.05, 0) is 19.4 Å². The summed E-state index contributed by atoms with van der Waals surface area (Å²) in [7, 11) is 1.62. The van der Waals surface area contributed by atoms with Gasteiger partial charge in [0.2, 0.25) is 5.88 Å². The van der Waals surface area contributed by atoms with Crippen molar-refractivity contribution >= 4 is 5.65 Å². The molecular weight excluding hydrogens is 216 g/mol. The summed E-state index contributed by atoms with van der Waals surface area (Å²) in [6, 6.07) is 0. The molecule has 90 valence electrons. The van der Waals surface area contributed by atoms with E-state index in [1.54, 1.807) is 13.3 Å². The summed E-state index contributed by atoms with van der Waals surface area (Å²) in [5, 5.41) is 3.41. The molecule has 1 aliphatic rings. The molecule has 0 bridgehead atoms.